The van der Waals surface area contributed by atoms with Gasteiger partial charge in [0.25, 0.3) is 0 Å². The normalized spacial score (nSPS) is 13.5. The minimum absolute atomic E-state index is 0.0677. The van der Waals surface area contributed by atoms with Crippen LogP contribution in [0.5, 0.6) is 0 Å². The van der Waals surface area contributed by atoms with Crippen molar-refractivity contribution < 1.29 is 4.42 Å². The number of rotatable bonds is 5. The molecule has 0 spiro atoms. The number of aromatic nitrogens is 3. The van der Waals surface area contributed by atoms with Crippen LogP contribution in [-0.2, 0) is 10.8 Å². The highest BCUT2D eigenvalue weighted by atomic mass is 16.3. The zero-order valence-electron chi connectivity index (χ0n) is 68.8. The van der Waals surface area contributed by atoms with E-state index in [0.717, 1.165) is 21.9 Å². The quantitative estimate of drug-likeness (QED) is 0.169. The fraction of sp³-hybridized carbons (Fsp3) is 0.0500. The van der Waals surface area contributed by atoms with Gasteiger partial charge in [0.2, 0.25) is 0 Å². The Morgan fingerprint density at radius 3 is 1.15 bits per heavy atom. The molecule has 4 nitrogen and oxygen atoms in total. The predicted octanol–water partition coefficient (Wildman–Crippen LogP) is 32.6. The third-order valence-corrected chi connectivity index (χ3v) is 28.6. The van der Waals surface area contributed by atoms with Crippen LogP contribution < -0.4 is 0 Å². The molecule has 124 heavy (non-hydrogen) atoms. The van der Waals surface area contributed by atoms with Crippen molar-refractivity contribution >= 4 is 120 Å². The summed E-state index contributed by atoms with van der Waals surface area (Å²) in [7, 11) is 0. The molecule has 20 aromatic carbocycles. The first kappa shape index (κ1) is 69.2. The molecule has 0 bridgehead atoms. The van der Waals surface area contributed by atoms with Crippen LogP contribution in [0, 0.1) is 0 Å². The van der Waals surface area contributed by atoms with Crippen molar-refractivity contribution in [2.45, 2.75) is 38.5 Å². The molecular formula is C120H77N3O. The number of benzene rings is 20. The largest absolute Gasteiger partial charge is 0.455 e. The standard InChI is InChI=1S/2C43H29N.C34H19NO/c1-43(2)37-18-5-3-14-31(37)34-22-23-39-41(42(34)43)35-15-4-6-19-38(35)44(39)29-13-7-12-27(24-29)28-20-21-30-32-16-8-10-26-11-9-17-33(40(26)32)36(30)25-28;1-43(2)37-15-5-3-11-31(37)34-23-24-39-41(42(34)43)35-12-4-6-16-38(35)44(39)29-20-17-26(18-21-29)28-19-22-30-32-13-7-9-27-10-8-14-33(40(27)32)36(30)25-28;1-2-9-21-20(8-1)23-12-7-13-26-29(18-16-24(21)32(23)26)35-28-14-5-3-11-27(28)33-30(35)19-17-25-22-10-4-6-15-31(22)36-34(25)33/h2*3-25H,1-2H3;1-19H. The molecule has 0 unspecified atom stereocenters. The Morgan fingerprint density at radius 1 is 0.202 bits per heavy atom. The maximum atomic E-state index is 6.49. The minimum Gasteiger partial charge on any atom is -0.455 e. The van der Waals surface area contributed by atoms with E-state index in [0.29, 0.717) is 0 Å². The van der Waals surface area contributed by atoms with Gasteiger partial charge in [-0.2, -0.15) is 0 Å². The van der Waals surface area contributed by atoms with Gasteiger partial charge >= 0.3 is 0 Å². The van der Waals surface area contributed by atoms with Gasteiger partial charge in [0.1, 0.15) is 11.2 Å². The number of fused-ring (bicyclic) bond motifs is 30. The minimum atomic E-state index is -0.0763. The van der Waals surface area contributed by atoms with E-state index in [9.17, 15) is 0 Å². The second-order valence-corrected chi connectivity index (χ2v) is 35.5. The van der Waals surface area contributed by atoms with Gasteiger partial charge < -0.3 is 18.1 Å². The first-order valence-electron chi connectivity index (χ1n) is 43.4. The van der Waals surface area contributed by atoms with E-state index in [1.807, 2.05) is 6.07 Å². The van der Waals surface area contributed by atoms with Crippen LogP contribution in [0.4, 0.5) is 0 Å². The van der Waals surface area contributed by atoms with E-state index < -0.39 is 0 Å². The van der Waals surface area contributed by atoms with Crippen molar-refractivity contribution in [3.05, 3.63) is 417 Å². The fourth-order valence-electron chi connectivity index (χ4n) is 23.3. The van der Waals surface area contributed by atoms with Crippen molar-refractivity contribution in [1.82, 2.24) is 13.7 Å². The third-order valence-electron chi connectivity index (χ3n) is 28.6. The molecule has 5 aliphatic rings. The van der Waals surface area contributed by atoms with Gasteiger partial charge in [-0.3, -0.25) is 0 Å². The van der Waals surface area contributed by atoms with E-state index in [4.69, 9.17) is 4.42 Å². The Morgan fingerprint density at radius 2 is 0.581 bits per heavy atom. The summed E-state index contributed by atoms with van der Waals surface area (Å²) in [6, 6.07) is 145. The second kappa shape index (κ2) is 25.5. The van der Waals surface area contributed by atoms with Crippen molar-refractivity contribution in [2.24, 2.45) is 0 Å². The lowest BCUT2D eigenvalue weighted by Crippen LogP contribution is -2.15. The first-order chi connectivity index (χ1) is 61.1. The maximum absolute atomic E-state index is 6.49. The molecule has 29 rings (SSSR count). The molecule has 0 amide bonds. The van der Waals surface area contributed by atoms with E-state index in [1.165, 1.54) is 248 Å². The van der Waals surface area contributed by atoms with Gasteiger partial charge in [-0.05, 0) is 251 Å². The monoisotopic (exact) mass is 1580 g/mol. The molecule has 0 atom stereocenters. The molecule has 4 heterocycles. The maximum Gasteiger partial charge on any atom is 0.145 e. The molecule has 0 N–H and O–H groups in total. The predicted molar refractivity (Wildman–Crippen MR) is 521 cm³/mol. The zero-order chi connectivity index (χ0) is 81.7. The van der Waals surface area contributed by atoms with Crippen molar-refractivity contribution in [3.63, 3.8) is 0 Å². The third kappa shape index (κ3) is 9.46. The average molecular weight is 1580 g/mol. The molecule has 4 heteroatoms. The van der Waals surface area contributed by atoms with Crippen LogP contribution >= 0.6 is 0 Å². The van der Waals surface area contributed by atoms with E-state index in [-0.39, 0.29) is 10.8 Å². The first-order valence-corrected chi connectivity index (χ1v) is 43.4. The summed E-state index contributed by atoms with van der Waals surface area (Å²) in [6.07, 6.45) is 0. The molecule has 24 aromatic rings. The van der Waals surface area contributed by atoms with Crippen LogP contribution in [0.2, 0.25) is 0 Å². The van der Waals surface area contributed by atoms with Gasteiger partial charge in [0.05, 0.1) is 44.2 Å². The summed E-state index contributed by atoms with van der Waals surface area (Å²) < 4.78 is 13.8. The van der Waals surface area contributed by atoms with Crippen LogP contribution in [0.15, 0.2) is 399 Å². The lowest BCUT2D eigenvalue weighted by atomic mass is 9.80. The summed E-state index contributed by atoms with van der Waals surface area (Å²) >= 11 is 0. The van der Waals surface area contributed by atoms with Gasteiger partial charge in [0.15, 0.2) is 0 Å². The second-order valence-electron chi connectivity index (χ2n) is 35.5. The van der Waals surface area contributed by atoms with Crippen LogP contribution in [0.25, 0.3) is 248 Å². The van der Waals surface area contributed by atoms with Crippen LogP contribution in [0.3, 0.4) is 0 Å². The zero-order valence-corrected chi connectivity index (χ0v) is 68.8. The highest BCUT2D eigenvalue weighted by Crippen LogP contribution is 2.58. The fourth-order valence-corrected chi connectivity index (χ4v) is 23.3. The van der Waals surface area contributed by atoms with Gasteiger partial charge in [0, 0.05) is 65.3 Å². The van der Waals surface area contributed by atoms with Crippen molar-refractivity contribution in [1.29, 1.82) is 0 Å². The lowest BCUT2D eigenvalue weighted by Gasteiger charge is -2.22. The molecule has 4 aromatic heterocycles. The SMILES string of the molecule is CC1(C)c2ccccc2-c2ccc3c(c21)c1ccccc1n3-c1ccc(-c2ccc3c(c2)-c2cccc4cccc-3c24)cc1.CC1(C)c2ccccc2-c2ccc3c(c21)c1ccccc1n3-c1cccc(-c2ccc3c(c2)-c2cccc4cccc-3c24)c1.c1ccc2c(c1)-c1cccc3c(-n4c5ccccc5c5c6oc7ccccc7c6ccc54)ccc-2c13. The summed E-state index contributed by atoms with van der Waals surface area (Å²) in [4.78, 5) is 0. The molecule has 0 saturated heterocycles. The van der Waals surface area contributed by atoms with E-state index >= 15 is 0 Å². The van der Waals surface area contributed by atoms with Crippen molar-refractivity contribution in [3.8, 4) is 128 Å². The molecule has 5 aliphatic carbocycles. The van der Waals surface area contributed by atoms with Crippen LogP contribution in [0.1, 0.15) is 49.9 Å². The molecule has 0 saturated carbocycles. The number of hydrogen-bond acceptors (Lipinski definition) is 1. The summed E-state index contributed by atoms with van der Waals surface area (Å²) in [5, 5.41) is 18.1. The van der Waals surface area contributed by atoms with E-state index in [2.05, 4.69) is 430 Å². The molecule has 578 valence electrons. The highest BCUT2D eigenvalue weighted by Gasteiger charge is 2.40. The molecule has 0 radical (unpaired) electrons. The van der Waals surface area contributed by atoms with Crippen molar-refractivity contribution in [2.75, 3.05) is 0 Å². The smallest absolute Gasteiger partial charge is 0.145 e. The topological polar surface area (TPSA) is 27.9 Å². The molecule has 0 fully saturated rings. The Balaban J connectivity index is 0.0000000978. The number of furan rings is 1. The lowest BCUT2D eigenvalue weighted by molar-refractivity contribution is 0.666. The van der Waals surface area contributed by atoms with E-state index in [1.54, 1.807) is 0 Å². The summed E-state index contributed by atoms with van der Waals surface area (Å²) in [5.41, 5.74) is 44.8. The van der Waals surface area contributed by atoms with Gasteiger partial charge in [-0.15, -0.1) is 0 Å². The number of hydrogen-bond donors (Lipinski definition) is 0. The highest BCUT2D eigenvalue weighted by molar-refractivity contribution is 6.26. The molecular weight excluding hydrogens is 1500 g/mol. The van der Waals surface area contributed by atoms with Gasteiger partial charge in [-0.25, -0.2) is 0 Å². The molecule has 0 aliphatic heterocycles. The number of nitrogens with zero attached hydrogens (tertiary/aromatic N) is 3. The van der Waals surface area contributed by atoms with Gasteiger partial charge in [-0.1, -0.05) is 331 Å². The Bertz CT molecular complexity index is 8830. The number of para-hydroxylation sites is 4. The average Bonchev–Trinajstić information content (AvgIpc) is 1.54. The summed E-state index contributed by atoms with van der Waals surface area (Å²) in [6.45, 7) is 9.54. The summed E-state index contributed by atoms with van der Waals surface area (Å²) in [5.74, 6) is 0. The van der Waals surface area contributed by atoms with Crippen LogP contribution in [-0.4, -0.2) is 13.7 Å². The Kier molecular flexibility index (Phi) is 14.2. The Labute approximate surface area is 716 Å². The Hall–Kier alpha value is -15.6.